The summed E-state index contributed by atoms with van der Waals surface area (Å²) in [7, 11) is 0. The van der Waals surface area contributed by atoms with Gasteiger partial charge in [0.1, 0.15) is 0 Å². The molecular weight excluding hydrogens is 246 g/mol. The molecule has 2 aliphatic carbocycles. The van der Waals surface area contributed by atoms with Crippen LogP contribution in [0.3, 0.4) is 0 Å². The minimum absolute atomic E-state index is 0.00639. The first-order chi connectivity index (χ1) is 9.66. The lowest BCUT2D eigenvalue weighted by molar-refractivity contribution is 0.198. The SMILES string of the molecule is CC1C2CC3=C(CCC4=C3/C=C\C/N=C\C41C)N2C#N. The fraction of sp³-hybridized carbons (Fsp3) is 0.529. The Labute approximate surface area is 120 Å². The number of rotatable bonds is 0. The van der Waals surface area contributed by atoms with E-state index < -0.39 is 0 Å². The van der Waals surface area contributed by atoms with E-state index in [0.717, 1.165) is 25.8 Å². The number of aliphatic imine (C=N–C) groups is 1. The number of hydrogen-bond acceptors (Lipinski definition) is 3. The molecule has 0 aromatic rings. The van der Waals surface area contributed by atoms with E-state index in [1.54, 1.807) is 5.57 Å². The summed E-state index contributed by atoms with van der Waals surface area (Å²) < 4.78 is 0. The number of fused-ring (bicyclic) bond motifs is 1. The largest absolute Gasteiger partial charge is 0.292 e. The van der Waals surface area contributed by atoms with Crippen molar-refractivity contribution in [1.82, 2.24) is 4.90 Å². The molecule has 3 heteroatoms. The molecule has 20 heavy (non-hydrogen) atoms. The molecule has 102 valence electrons. The maximum Gasteiger partial charge on any atom is 0.184 e. The monoisotopic (exact) mass is 265 g/mol. The minimum atomic E-state index is -0.00639. The Morgan fingerprint density at radius 1 is 1.45 bits per heavy atom. The molecule has 3 unspecified atom stereocenters. The van der Waals surface area contributed by atoms with Crippen LogP contribution >= 0.6 is 0 Å². The van der Waals surface area contributed by atoms with Gasteiger partial charge in [0, 0.05) is 17.3 Å². The average Bonchev–Trinajstić information content (AvgIpc) is 2.78. The first-order valence-corrected chi connectivity index (χ1v) is 7.49. The second-order valence-corrected chi connectivity index (χ2v) is 6.53. The van der Waals surface area contributed by atoms with Crippen molar-refractivity contribution in [2.24, 2.45) is 16.3 Å². The number of hydrogen-bond donors (Lipinski definition) is 0. The Hall–Kier alpha value is -1.82. The normalized spacial score (nSPS) is 41.1. The second kappa shape index (κ2) is 3.85. The predicted octanol–water partition coefficient (Wildman–Crippen LogP) is 3.18. The number of likely N-dealkylation sites (tertiary alicyclic amines) is 1. The van der Waals surface area contributed by atoms with Gasteiger partial charge >= 0.3 is 0 Å². The van der Waals surface area contributed by atoms with Crippen LogP contribution in [0.1, 0.15) is 33.1 Å². The van der Waals surface area contributed by atoms with Crippen LogP contribution in [0, 0.1) is 22.8 Å². The highest BCUT2D eigenvalue weighted by molar-refractivity contribution is 5.75. The molecule has 0 spiro atoms. The van der Waals surface area contributed by atoms with Gasteiger partial charge in [-0.25, -0.2) is 0 Å². The van der Waals surface area contributed by atoms with Crippen molar-refractivity contribution in [2.45, 2.75) is 39.2 Å². The number of nitriles is 1. The molecule has 0 N–H and O–H groups in total. The molecule has 0 fully saturated rings. The highest BCUT2D eigenvalue weighted by Crippen LogP contribution is 2.55. The fourth-order valence-electron chi connectivity index (χ4n) is 4.50. The summed E-state index contributed by atoms with van der Waals surface area (Å²) in [5.74, 6) is 0.415. The lowest BCUT2D eigenvalue weighted by Crippen LogP contribution is -2.44. The van der Waals surface area contributed by atoms with E-state index in [9.17, 15) is 5.26 Å². The second-order valence-electron chi connectivity index (χ2n) is 6.53. The first kappa shape index (κ1) is 12.0. The number of nitrogens with zero attached hydrogens (tertiary/aromatic N) is 3. The Morgan fingerprint density at radius 2 is 2.30 bits per heavy atom. The first-order valence-electron chi connectivity index (χ1n) is 7.49. The molecule has 0 radical (unpaired) electrons. The third-order valence-corrected chi connectivity index (χ3v) is 5.78. The molecule has 2 heterocycles. The summed E-state index contributed by atoms with van der Waals surface area (Å²) in [6.07, 6.45) is 12.1. The smallest absolute Gasteiger partial charge is 0.184 e. The summed E-state index contributed by atoms with van der Waals surface area (Å²) in [5.41, 5.74) is 5.66. The zero-order valence-electron chi connectivity index (χ0n) is 12.1. The minimum Gasteiger partial charge on any atom is -0.292 e. The molecule has 3 nitrogen and oxygen atoms in total. The van der Waals surface area contributed by atoms with Gasteiger partial charge in [0.25, 0.3) is 0 Å². The molecule has 5 bridgehead atoms. The van der Waals surface area contributed by atoms with Crippen LogP contribution in [0.2, 0.25) is 0 Å². The molecular formula is C17H19N3. The molecule has 4 rings (SSSR count). The molecule has 0 saturated carbocycles. The molecule has 2 aliphatic heterocycles. The Balaban J connectivity index is 2.04. The van der Waals surface area contributed by atoms with Gasteiger partial charge in [-0.1, -0.05) is 31.6 Å². The van der Waals surface area contributed by atoms with Crippen molar-refractivity contribution in [2.75, 3.05) is 6.54 Å². The van der Waals surface area contributed by atoms with Gasteiger partial charge in [-0.2, -0.15) is 5.26 Å². The predicted molar refractivity (Wildman–Crippen MR) is 78.9 cm³/mol. The summed E-state index contributed by atoms with van der Waals surface area (Å²) >= 11 is 0. The standard InChI is InChI=1S/C17H19N3/c1-11-16-8-13-12-4-3-7-19-9-17(11,2)14(12)5-6-15(13)20(16)10-18/h3-4,9,11,16H,5-8H2,1-2H3/b4-3-,19-9-. The third kappa shape index (κ3) is 1.27. The van der Waals surface area contributed by atoms with Crippen molar-refractivity contribution >= 4 is 6.21 Å². The average molecular weight is 265 g/mol. The van der Waals surface area contributed by atoms with Gasteiger partial charge in [0.2, 0.25) is 0 Å². The van der Waals surface area contributed by atoms with Crippen LogP contribution in [0.15, 0.2) is 39.6 Å². The van der Waals surface area contributed by atoms with Gasteiger partial charge in [-0.15, -0.1) is 0 Å². The van der Waals surface area contributed by atoms with Crippen molar-refractivity contribution in [1.29, 1.82) is 5.26 Å². The Bertz CT molecular complexity index is 644. The van der Waals surface area contributed by atoms with Crippen LogP contribution in [-0.4, -0.2) is 23.7 Å². The zero-order valence-corrected chi connectivity index (χ0v) is 12.1. The third-order valence-electron chi connectivity index (χ3n) is 5.78. The molecule has 0 aromatic heterocycles. The van der Waals surface area contributed by atoms with Crippen LogP contribution < -0.4 is 0 Å². The van der Waals surface area contributed by atoms with Crippen molar-refractivity contribution < 1.29 is 0 Å². The van der Waals surface area contributed by atoms with E-state index in [1.165, 1.54) is 16.8 Å². The van der Waals surface area contributed by atoms with Gasteiger partial charge in [-0.05, 0) is 36.3 Å². The van der Waals surface area contributed by atoms with Crippen molar-refractivity contribution in [3.05, 3.63) is 34.6 Å². The van der Waals surface area contributed by atoms with Crippen LogP contribution in [-0.2, 0) is 0 Å². The van der Waals surface area contributed by atoms with Gasteiger partial charge < -0.3 is 0 Å². The quantitative estimate of drug-likeness (QED) is 0.631. The fourth-order valence-corrected chi connectivity index (χ4v) is 4.50. The van der Waals surface area contributed by atoms with Gasteiger partial charge in [0.05, 0.1) is 12.6 Å². The van der Waals surface area contributed by atoms with Crippen molar-refractivity contribution in [3.8, 4) is 6.19 Å². The molecule has 0 aromatic carbocycles. The zero-order chi connectivity index (χ0) is 13.9. The lowest BCUT2D eigenvalue weighted by Gasteiger charge is -2.43. The summed E-state index contributed by atoms with van der Waals surface area (Å²) in [6, 6.07) is 0.306. The van der Waals surface area contributed by atoms with Crippen LogP contribution in [0.5, 0.6) is 0 Å². The summed E-state index contributed by atoms with van der Waals surface area (Å²) in [5, 5.41) is 9.59. The van der Waals surface area contributed by atoms with E-state index >= 15 is 0 Å². The highest BCUT2D eigenvalue weighted by atomic mass is 15.2. The van der Waals surface area contributed by atoms with Gasteiger partial charge in [-0.3, -0.25) is 9.89 Å². The van der Waals surface area contributed by atoms with E-state index in [4.69, 9.17) is 0 Å². The topological polar surface area (TPSA) is 39.4 Å². The van der Waals surface area contributed by atoms with Gasteiger partial charge in [0.15, 0.2) is 6.19 Å². The molecule has 3 atom stereocenters. The Morgan fingerprint density at radius 3 is 3.10 bits per heavy atom. The number of allylic oxidation sites excluding steroid dienone is 4. The summed E-state index contributed by atoms with van der Waals surface area (Å²) in [6.45, 7) is 5.38. The van der Waals surface area contributed by atoms with E-state index in [0.29, 0.717) is 12.0 Å². The van der Waals surface area contributed by atoms with Crippen molar-refractivity contribution in [3.63, 3.8) is 0 Å². The Kier molecular flexibility index (Phi) is 2.30. The van der Waals surface area contributed by atoms with Crippen LogP contribution in [0.25, 0.3) is 0 Å². The molecule has 0 amide bonds. The highest BCUT2D eigenvalue weighted by Gasteiger charge is 2.50. The van der Waals surface area contributed by atoms with E-state index in [1.807, 2.05) is 4.90 Å². The van der Waals surface area contributed by atoms with E-state index in [2.05, 4.69) is 43.4 Å². The van der Waals surface area contributed by atoms with Crippen LogP contribution in [0.4, 0.5) is 0 Å². The molecule has 0 saturated heterocycles. The summed E-state index contributed by atoms with van der Waals surface area (Å²) in [4.78, 5) is 6.60. The maximum absolute atomic E-state index is 9.59. The molecule has 4 aliphatic rings. The van der Waals surface area contributed by atoms with E-state index in [-0.39, 0.29) is 5.41 Å². The maximum atomic E-state index is 9.59. The lowest BCUT2D eigenvalue weighted by atomic mass is 9.66.